The average molecular weight is 406 g/mol. The number of carbonyl (C=O) groups is 2. The molecule has 1 amide bonds. The predicted octanol–water partition coefficient (Wildman–Crippen LogP) is 3.87. The molecule has 0 aromatic heterocycles. The van der Waals surface area contributed by atoms with Crippen molar-refractivity contribution in [2.24, 2.45) is 5.73 Å². The van der Waals surface area contributed by atoms with Gasteiger partial charge in [-0.3, -0.25) is 4.79 Å². The number of primary amides is 1. The standard InChI is InChI=1S/C21H24ClNO5/c1-21(2,3)15-7-5-13(6-8-15)11-28-20(25)14-9-16(22)19(17(10-14)26-4)27-12-18(23)24/h5-10H,11-12H2,1-4H3,(H2,23,24). The number of amides is 1. The highest BCUT2D eigenvalue weighted by Gasteiger charge is 2.18. The third-order valence-corrected chi connectivity index (χ3v) is 4.29. The number of hydrogen-bond acceptors (Lipinski definition) is 5. The molecule has 0 aliphatic rings. The van der Waals surface area contributed by atoms with E-state index < -0.39 is 11.9 Å². The van der Waals surface area contributed by atoms with Gasteiger partial charge >= 0.3 is 5.97 Å². The highest BCUT2D eigenvalue weighted by atomic mass is 35.5. The Morgan fingerprint density at radius 1 is 1.11 bits per heavy atom. The van der Waals surface area contributed by atoms with Crippen LogP contribution in [-0.4, -0.2) is 25.6 Å². The number of esters is 1. The lowest BCUT2D eigenvalue weighted by molar-refractivity contribution is -0.119. The molecular weight excluding hydrogens is 382 g/mol. The van der Waals surface area contributed by atoms with Crippen molar-refractivity contribution < 1.29 is 23.8 Å². The fourth-order valence-corrected chi connectivity index (χ4v) is 2.72. The highest BCUT2D eigenvalue weighted by Crippen LogP contribution is 2.36. The van der Waals surface area contributed by atoms with Crippen LogP contribution in [0.1, 0.15) is 42.3 Å². The molecule has 0 aliphatic carbocycles. The summed E-state index contributed by atoms with van der Waals surface area (Å²) in [6, 6.07) is 10.7. The van der Waals surface area contributed by atoms with E-state index in [0.717, 1.165) is 5.56 Å². The van der Waals surface area contributed by atoms with Crippen LogP contribution in [0, 0.1) is 0 Å². The molecule has 0 saturated carbocycles. The number of rotatable bonds is 7. The Morgan fingerprint density at radius 3 is 2.29 bits per heavy atom. The zero-order valence-corrected chi connectivity index (χ0v) is 17.1. The second kappa shape index (κ2) is 8.97. The van der Waals surface area contributed by atoms with Gasteiger partial charge in [-0.05, 0) is 28.7 Å². The summed E-state index contributed by atoms with van der Waals surface area (Å²) in [5, 5.41) is 0.113. The maximum atomic E-state index is 12.4. The number of halogens is 1. The van der Waals surface area contributed by atoms with Crippen LogP contribution >= 0.6 is 11.6 Å². The van der Waals surface area contributed by atoms with Crippen LogP contribution in [0.4, 0.5) is 0 Å². The molecule has 0 fully saturated rings. The lowest BCUT2D eigenvalue weighted by Gasteiger charge is -2.19. The van der Waals surface area contributed by atoms with Crippen molar-refractivity contribution in [3.8, 4) is 11.5 Å². The summed E-state index contributed by atoms with van der Waals surface area (Å²) in [5.41, 5.74) is 7.41. The van der Waals surface area contributed by atoms with Crippen LogP contribution in [0.25, 0.3) is 0 Å². The Labute approximate surface area is 169 Å². The molecule has 2 aromatic rings. The second-order valence-electron chi connectivity index (χ2n) is 7.27. The van der Waals surface area contributed by atoms with E-state index in [1.165, 1.54) is 24.8 Å². The van der Waals surface area contributed by atoms with Gasteiger partial charge in [-0.15, -0.1) is 0 Å². The Kier molecular flexibility index (Phi) is 6.91. The van der Waals surface area contributed by atoms with Crippen molar-refractivity contribution in [1.82, 2.24) is 0 Å². The summed E-state index contributed by atoms with van der Waals surface area (Å²) < 4.78 is 15.8. The Morgan fingerprint density at radius 2 is 1.75 bits per heavy atom. The van der Waals surface area contributed by atoms with Crippen LogP contribution in [0.3, 0.4) is 0 Å². The third kappa shape index (κ3) is 5.63. The fraction of sp³-hybridized carbons (Fsp3) is 0.333. The van der Waals surface area contributed by atoms with Gasteiger partial charge in [-0.2, -0.15) is 0 Å². The maximum absolute atomic E-state index is 12.4. The summed E-state index contributed by atoms with van der Waals surface area (Å²) in [6.45, 7) is 6.18. The Hall–Kier alpha value is -2.73. The molecule has 0 radical (unpaired) electrons. The quantitative estimate of drug-likeness (QED) is 0.706. The van der Waals surface area contributed by atoms with Crippen LogP contribution in [0.5, 0.6) is 11.5 Å². The molecule has 28 heavy (non-hydrogen) atoms. The van der Waals surface area contributed by atoms with E-state index in [4.69, 9.17) is 31.5 Å². The number of hydrogen-bond donors (Lipinski definition) is 1. The molecule has 2 rings (SSSR count). The van der Waals surface area contributed by atoms with Gasteiger partial charge in [0.15, 0.2) is 18.1 Å². The van der Waals surface area contributed by atoms with Gasteiger partial charge in [0, 0.05) is 0 Å². The zero-order valence-electron chi connectivity index (χ0n) is 16.4. The number of carbonyl (C=O) groups excluding carboxylic acids is 2. The van der Waals surface area contributed by atoms with Gasteiger partial charge in [-0.25, -0.2) is 4.79 Å². The molecule has 0 heterocycles. The lowest BCUT2D eigenvalue weighted by atomic mass is 9.87. The van der Waals surface area contributed by atoms with E-state index in [9.17, 15) is 9.59 Å². The van der Waals surface area contributed by atoms with E-state index in [1.807, 2.05) is 24.3 Å². The molecule has 150 valence electrons. The molecule has 0 atom stereocenters. The SMILES string of the molecule is COc1cc(C(=O)OCc2ccc(C(C)(C)C)cc2)cc(Cl)c1OCC(N)=O. The predicted molar refractivity (Wildman–Crippen MR) is 107 cm³/mol. The van der Waals surface area contributed by atoms with Crippen molar-refractivity contribution >= 4 is 23.5 Å². The van der Waals surface area contributed by atoms with Crippen molar-refractivity contribution in [1.29, 1.82) is 0 Å². The van der Waals surface area contributed by atoms with E-state index >= 15 is 0 Å². The molecule has 2 N–H and O–H groups in total. The summed E-state index contributed by atoms with van der Waals surface area (Å²) >= 11 is 6.15. The zero-order chi connectivity index (χ0) is 20.9. The summed E-state index contributed by atoms with van der Waals surface area (Å²) in [7, 11) is 1.40. The average Bonchev–Trinajstić information content (AvgIpc) is 2.63. The first kappa shape index (κ1) is 21.6. The van der Waals surface area contributed by atoms with Crippen molar-refractivity contribution in [3.05, 3.63) is 58.1 Å². The Bertz CT molecular complexity index is 856. The van der Waals surface area contributed by atoms with E-state index in [2.05, 4.69) is 20.8 Å². The summed E-state index contributed by atoms with van der Waals surface area (Å²) in [4.78, 5) is 23.3. The number of benzene rings is 2. The molecule has 0 unspecified atom stereocenters. The van der Waals surface area contributed by atoms with Gasteiger partial charge in [0.1, 0.15) is 6.61 Å². The van der Waals surface area contributed by atoms with E-state index in [0.29, 0.717) is 0 Å². The number of nitrogens with two attached hydrogens (primary N) is 1. The van der Waals surface area contributed by atoms with Gasteiger partial charge < -0.3 is 19.9 Å². The highest BCUT2D eigenvalue weighted by molar-refractivity contribution is 6.32. The number of methoxy groups -OCH3 is 1. The van der Waals surface area contributed by atoms with Gasteiger partial charge in [0.25, 0.3) is 5.91 Å². The van der Waals surface area contributed by atoms with Crippen LogP contribution in [0.15, 0.2) is 36.4 Å². The minimum absolute atomic E-state index is 0.0564. The largest absolute Gasteiger partial charge is 0.493 e. The monoisotopic (exact) mass is 405 g/mol. The van der Waals surface area contributed by atoms with Crippen molar-refractivity contribution in [2.75, 3.05) is 13.7 Å². The third-order valence-electron chi connectivity index (χ3n) is 4.01. The molecule has 0 spiro atoms. The van der Waals surface area contributed by atoms with Gasteiger partial charge in [0.05, 0.1) is 17.7 Å². The van der Waals surface area contributed by atoms with E-state index in [-0.39, 0.29) is 40.7 Å². The molecule has 2 aromatic carbocycles. The lowest BCUT2D eigenvalue weighted by Crippen LogP contribution is -2.20. The second-order valence-corrected chi connectivity index (χ2v) is 7.67. The first-order valence-electron chi connectivity index (χ1n) is 8.67. The smallest absolute Gasteiger partial charge is 0.338 e. The maximum Gasteiger partial charge on any atom is 0.338 e. The van der Waals surface area contributed by atoms with Crippen LogP contribution in [0.2, 0.25) is 5.02 Å². The fourth-order valence-electron chi connectivity index (χ4n) is 2.45. The van der Waals surface area contributed by atoms with Crippen molar-refractivity contribution in [2.45, 2.75) is 32.8 Å². The van der Waals surface area contributed by atoms with Crippen molar-refractivity contribution in [3.63, 3.8) is 0 Å². The normalized spacial score (nSPS) is 11.0. The molecule has 0 aliphatic heterocycles. The Balaban J connectivity index is 2.09. The molecule has 0 bridgehead atoms. The van der Waals surface area contributed by atoms with Gasteiger partial charge in [-0.1, -0.05) is 56.6 Å². The van der Waals surface area contributed by atoms with Crippen LogP contribution in [-0.2, 0) is 21.6 Å². The summed E-state index contributed by atoms with van der Waals surface area (Å²) in [6.07, 6.45) is 0. The number of ether oxygens (including phenoxy) is 3. The minimum atomic E-state index is -0.654. The molecule has 6 nitrogen and oxygen atoms in total. The van der Waals surface area contributed by atoms with Crippen LogP contribution < -0.4 is 15.2 Å². The first-order chi connectivity index (χ1) is 13.1. The van der Waals surface area contributed by atoms with E-state index in [1.54, 1.807) is 0 Å². The van der Waals surface area contributed by atoms with Gasteiger partial charge in [0.2, 0.25) is 0 Å². The topological polar surface area (TPSA) is 87.8 Å². The molecular formula is C21H24ClNO5. The minimum Gasteiger partial charge on any atom is -0.493 e. The molecule has 0 saturated heterocycles. The first-order valence-corrected chi connectivity index (χ1v) is 9.05. The summed E-state index contributed by atoms with van der Waals surface area (Å²) in [5.74, 6) is -0.867. The molecule has 7 heteroatoms.